The van der Waals surface area contributed by atoms with Crippen molar-refractivity contribution in [3.63, 3.8) is 0 Å². The van der Waals surface area contributed by atoms with Crippen LogP contribution in [0.15, 0.2) is 65.6 Å². The molecule has 36 heavy (non-hydrogen) atoms. The van der Waals surface area contributed by atoms with Gasteiger partial charge in [0.05, 0.1) is 18.6 Å². The first-order valence-electron chi connectivity index (χ1n) is 11.7. The molecule has 186 valence electrons. The summed E-state index contributed by atoms with van der Waals surface area (Å²) in [7, 11) is 1.31. The molecular weight excluding hydrogens is 460 g/mol. The van der Waals surface area contributed by atoms with Crippen LogP contribution in [0.1, 0.15) is 34.3 Å². The molecule has 3 aromatic rings. The molecule has 1 saturated heterocycles. The Balaban J connectivity index is 1.58. The standard InChI is InChI=1S/C27H28N4O5/c1-36-27(35)21(14-20-13-18(25(28)29)8-10-23(20)32)22-3-2-12-31(22)26(34)17-6-4-16(5-7-17)19-9-11-24(33)30-15-19/h4-11,13,15,21-22,32H,2-3,12,14H2,1H3,(H3,28,29)(H,30,33)/p+1. The van der Waals surface area contributed by atoms with Crippen molar-refractivity contribution in [1.82, 2.24) is 9.88 Å². The summed E-state index contributed by atoms with van der Waals surface area (Å²) >= 11 is 0. The van der Waals surface area contributed by atoms with Crippen molar-refractivity contribution in [2.75, 3.05) is 13.7 Å². The third-order valence-corrected chi connectivity index (χ3v) is 6.63. The fourth-order valence-electron chi connectivity index (χ4n) is 4.72. The van der Waals surface area contributed by atoms with Crippen LogP contribution in [0.25, 0.3) is 11.1 Å². The number of amides is 1. The van der Waals surface area contributed by atoms with Gasteiger partial charge < -0.3 is 19.7 Å². The molecule has 1 aliphatic heterocycles. The highest BCUT2D eigenvalue weighted by molar-refractivity contribution is 5.95. The number of pyridine rings is 1. The minimum absolute atomic E-state index is 0.0163. The maximum absolute atomic E-state index is 13.5. The number of H-pyrrole nitrogens is 1. The average Bonchev–Trinajstić information content (AvgIpc) is 3.37. The first-order valence-corrected chi connectivity index (χ1v) is 11.7. The zero-order valence-corrected chi connectivity index (χ0v) is 19.9. The van der Waals surface area contributed by atoms with E-state index in [1.807, 2.05) is 12.1 Å². The maximum Gasteiger partial charge on any atom is 0.311 e. The number of hydrogen-bond donors (Lipinski definition) is 4. The van der Waals surface area contributed by atoms with Gasteiger partial charge in [0, 0.05) is 30.4 Å². The Bertz CT molecular complexity index is 1330. The smallest absolute Gasteiger partial charge is 0.311 e. The number of esters is 1. The van der Waals surface area contributed by atoms with E-state index in [-0.39, 0.29) is 29.5 Å². The van der Waals surface area contributed by atoms with Crippen molar-refractivity contribution in [3.05, 3.63) is 87.8 Å². The number of benzene rings is 2. The summed E-state index contributed by atoms with van der Waals surface area (Å²) < 4.78 is 5.08. The van der Waals surface area contributed by atoms with Gasteiger partial charge >= 0.3 is 5.97 Å². The Labute approximate surface area is 208 Å². The molecule has 0 saturated carbocycles. The van der Waals surface area contributed by atoms with Gasteiger partial charge in [0.1, 0.15) is 5.75 Å². The van der Waals surface area contributed by atoms with E-state index in [0.717, 1.165) is 17.5 Å². The number of aromatic amines is 1. The molecule has 1 fully saturated rings. The lowest BCUT2D eigenvalue weighted by atomic mass is 9.89. The molecule has 0 aliphatic carbocycles. The highest BCUT2D eigenvalue weighted by Gasteiger charge is 2.39. The van der Waals surface area contributed by atoms with Crippen LogP contribution in [0.4, 0.5) is 0 Å². The van der Waals surface area contributed by atoms with E-state index in [9.17, 15) is 19.5 Å². The Kier molecular flexibility index (Phi) is 7.19. The first-order chi connectivity index (χ1) is 17.3. The van der Waals surface area contributed by atoms with Crippen molar-refractivity contribution in [2.45, 2.75) is 25.3 Å². The van der Waals surface area contributed by atoms with Crippen molar-refractivity contribution in [3.8, 4) is 16.9 Å². The van der Waals surface area contributed by atoms with Crippen molar-refractivity contribution < 1.29 is 24.8 Å². The minimum Gasteiger partial charge on any atom is -0.508 e. The van der Waals surface area contributed by atoms with Crippen LogP contribution in [0.2, 0.25) is 0 Å². The largest absolute Gasteiger partial charge is 0.508 e. The number of likely N-dealkylation sites (tertiary alicyclic amines) is 1. The number of methoxy groups -OCH3 is 1. The second-order valence-corrected chi connectivity index (χ2v) is 8.86. The molecule has 6 N–H and O–H groups in total. The number of hydrogen-bond acceptors (Lipinski definition) is 5. The van der Waals surface area contributed by atoms with Gasteiger partial charge in [0.25, 0.3) is 11.7 Å². The lowest BCUT2D eigenvalue weighted by Gasteiger charge is -2.30. The third-order valence-electron chi connectivity index (χ3n) is 6.63. The number of aromatic hydroxyl groups is 1. The number of nitrogens with one attached hydrogen (secondary N) is 1. The minimum atomic E-state index is -0.679. The molecule has 2 atom stereocenters. The molecule has 0 bridgehead atoms. The van der Waals surface area contributed by atoms with E-state index < -0.39 is 17.9 Å². The van der Waals surface area contributed by atoms with E-state index in [1.165, 1.54) is 19.2 Å². The van der Waals surface area contributed by atoms with Crippen LogP contribution < -0.4 is 16.7 Å². The normalized spacial score (nSPS) is 15.9. The molecule has 9 heteroatoms. The number of phenols is 1. The Morgan fingerprint density at radius 2 is 1.83 bits per heavy atom. The monoisotopic (exact) mass is 489 g/mol. The molecule has 1 aromatic heterocycles. The van der Waals surface area contributed by atoms with Gasteiger partial charge in [-0.05, 0) is 72.4 Å². The molecule has 2 heterocycles. The number of carbonyl (C=O) groups is 2. The zero-order chi connectivity index (χ0) is 25.8. The van der Waals surface area contributed by atoms with Gasteiger partial charge in [-0.2, -0.15) is 0 Å². The van der Waals surface area contributed by atoms with Crippen LogP contribution in [0.5, 0.6) is 5.75 Å². The van der Waals surface area contributed by atoms with Gasteiger partial charge in [0.2, 0.25) is 5.56 Å². The molecule has 1 aliphatic rings. The van der Waals surface area contributed by atoms with Crippen LogP contribution in [0.3, 0.4) is 0 Å². The van der Waals surface area contributed by atoms with Crippen LogP contribution >= 0.6 is 0 Å². The molecule has 0 radical (unpaired) electrons. The van der Waals surface area contributed by atoms with Crippen molar-refractivity contribution in [2.24, 2.45) is 11.7 Å². The van der Waals surface area contributed by atoms with E-state index in [4.69, 9.17) is 15.9 Å². The lowest BCUT2D eigenvalue weighted by molar-refractivity contribution is -0.147. The highest BCUT2D eigenvalue weighted by Crippen LogP contribution is 2.32. The summed E-state index contributed by atoms with van der Waals surface area (Å²) in [6.45, 7) is 0.508. The van der Waals surface area contributed by atoms with Gasteiger partial charge in [-0.15, -0.1) is 0 Å². The number of phenolic OH excluding ortho intramolecular Hbond substituents is 1. The van der Waals surface area contributed by atoms with Crippen molar-refractivity contribution >= 4 is 17.7 Å². The third kappa shape index (κ3) is 5.14. The average molecular weight is 490 g/mol. The van der Waals surface area contributed by atoms with Crippen LogP contribution in [-0.4, -0.2) is 52.4 Å². The SMILES string of the molecule is COC(=O)C(Cc1cc(C(N)=[NH2+])ccc1O)C1CCCN1C(=O)c1ccc(-c2ccc(=O)[nH]c2)cc1. The topological polar surface area (TPSA) is 151 Å². The maximum atomic E-state index is 13.5. The predicted molar refractivity (Wildman–Crippen MR) is 134 cm³/mol. The molecule has 1 amide bonds. The number of rotatable bonds is 7. The number of amidine groups is 1. The number of nitrogens with two attached hydrogens (primary N) is 2. The molecule has 2 aromatic carbocycles. The number of ether oxygens (including phenoxy) is 1. The van der Waals surface area contributed by atoms with Crippen LogP contribution in [0, 0.1) is 5.92 Å². The van der Waals surface area contributed by atoms with E-state index in [0.29, 0.717) is 29.7 Å². The van der Waals surface area contributed by atoms with Gasteiger partial charge in [-0.1, -0.05) is 12.1 Å². The lowest BCUT2D eigenvalue weighted by Crippen LogP contribution is -2.46. The predicted octanol–water partition coefficient (Wildman–Crippen LogP) is 0.848. The highest BCUT2D eigenvalue weighted by atomic mass is 16.5. The summed E-state index contributed by atoms with van der Waals surface area (Å²) in [5, 5.41) is 16.1. The zero-order valence-electron chi connectivity index (χ0n) is 19.9. The van der Waals surface area contributed by atoms with Gasteiger partial charge in [-0.3, -0.25) is 25.5 Å². The molecule has 2 unspecified atom stereocenters. The van der Waals surface area contributed by atoms with E-state index in [1.54, 1.807) is 41.4 Å². The van der Waals surface area contributed by atoms with Gasteiger partial charge in [0.15, 0.2) is 0 Å². The van der Waals surface area contributed by atoms with E-state index in [2.05, 4.69) is 4.98 Å². The summed E-state index contributed by atoms with van der Waals surface area (Å²) in [5.41, 5.74) is 8.75. The fourth-order valence-corrected chi connectivity index (χ4v) is 4.72. The molecule has 4 rings (SSSR count). The second-order valence-electron chi connectivity index (χ2n) is 8.86. The fraction of sp³-hybridized carbons (Fsp3) is 0.259. The van der Waals surface area contributed by atoms with Crippen LogP contribution in [-0.2, 0) is 16.0 Å². The number of carbonyl (C=O) groups excluding carboxylic acids is 2. The number of aromatic nitrogens is 1. The number of nitrogens with zero attached hydrogens (tertiary/aromatic N) is 1. The van der Waals surface area contributed by atoms with Crippen molar-refractivity contribution in [1.29, 1.82) is 0 Å². The second kappa shape index (κ2) is 10.5. The molecule has 9 nitrogen and oxygen atoms in total. The summed E-state index contributed by atoms with van der Waals surface area (Å²) in [4.78, 5) is 42.0. The molecule has 0 spiro atoms. The quantitative estimate of drug-likeness (QED) is 0.219. The Morgan fingerprint density at radius 1 is 1.14 bits per heavy atom. The van der Waals surface area contributed by atoms with E-state index >= 15 is 0 Å². The summed E-state index contributed by atoms with van der Waals surface area (Å²) in [6.07, 6.45) is 3.16. The first kappa shape index (κ1) is 24.7. The van der Waals surface area contributed by atoms with Gasteiger partial charge in [-0.25, -0.2) is 0 Å². The molecular formula is C27H29N4O5+. The Morgan fingerprint density at radius 3 is 2.47 bits per heavy atom. The summed E-state index contributed by atoms with van der Waals surface area (Å²) in [6, 6.07) is 14.6. The Hall–Kier alpha value is -4.40. The summed E-state index contributed by atoms with van der Waals surface area (Å²) in [5.74, 6) is -1.20.